The van der Waals surface area contributed by atoms with Crippen LogP contribution in [-0.4, -0.2) is 66.0 Å². The summed E-state index contributed by atoms with van der Waals surface area (Å²) in [6, 6.07) is 10.4. The minimum atomic E-state index is -0.746. The van der Waals surface area contributed by atoms with Crippen LogP contribution in [0.1, 0.15) is 65.1 Å². The number of carbonyl (C=O) groups is 3. The van der Waals surface area contributed by atoms with Crippen LogP contribution in [0.2, 0.25) is 0 Å². The number of nitrogens with zero attached hydrogens (tertiary/aromatic N) is 3. The molecule has 3 aliphatic heterocycles. The van der Waals surface area contributed by atoms with Gasteiger partial charge in [0.1, 0.15) is 0 Å². The van der Waals surface area contributed by atoms with E-state index in [0.29, 0.717) is 44.1 Å². The number of amides is 2. The van der Waals surface area contributed by atoms with Crippen LogP contribution < -0.4 is 0 Å². The molecular formula is C27H29N3O5. The molecule has 2 amide bonds. The molecule has 4 heterocycles. The van der Waals surface area contributed by atoms with Crippen molar-refractivity contribution in [2.24, 2.45) is 0 Å². The van der Waals surface area contributed by atoms with E-state index < -0.39 is 11.0 Å². The van der Waals surface area contributed by atoms with Crippen molar-refractivity contribution in [1.29, 1.82) is 0 Å². The summed E-state index contributed by atoms with van der Waals surface area (Å²) in [7, 11) is 1.42. The molecular weight excluding hydrogens is 446 g/mol. The molecule has 6 rings (SSSR count). The summed E-state index contributed by atoms with van der Waals surface area (Å²) in [6.07, 6.45) is 7.08. The summed E-state index contributed by atoms with van der Waals surface area (Å²) in [5.41, 5.74) is 2.46. The highest BCUT2D eigenvalue weighted by molar-refractivity contribution is 5.95. The second-order valence-electron chi connectivity index (χ2n) is 10.2. The highest BCUT2D eigenvalue weighted by Gasteiger charge is 2.57. The van der Waals surface area contributed by atoms with E-state index in [4.69, 9.17) is 9.47 Å². The van der Waals surface area contributed by atoms with Gasteiger partial charge in [0, 0.05) is 44.0 Å². The van der Waals surface area contributed by atoms with Crippen molar-refractivity contribution in [3.8, 4) is 0 Å². The first-order valence-corrected chi connectivity index (χ1v) is 12.4. The van der Waals surface area contributed by atoms with E-state index in [9.17, 15) is 14.4 Å². The zero-order chi connectivity index (χ0) is 24.2. The molecule has 4 aliphatic rings. The largest absolute Gasteiger partial charge is 0.453 e. The fraction of sp³-hybridized carbons (Fsp3) is 0.481. The average Bonchev–Trinajstić information content (AvgIpc) is 3.54. The van der Waals surface area contributed by atoms with Gasteiger partial charge in [-0.1, -0.05) is 24.3 Å². The number of carbonyl (C=O) groups excluding carboxylic acids is 3. The van der Waals surface area contributed by atoms with Crippen molar-refractivity contribution in [1.82, 2.24) is 14.8 Å². The van der Waals surface area contributed by atoms with Gasteiger partial charge in [-0.3, -0.25) is 9.78 Å². The van der Waals surface area contributed by atoms with Gasteiger partial charge in [-0.15, -0.1) is 0 Å². The molecule has 1 aliphatic carbocycles. The third kappa shape index (κ3) is 3.49. The van der Waals surface area contributed by atoms with Crippen LogP contribution in [0.25, 0.3) is 0 Å². The van der Waals surface area contributed by atoms with Crippen molar-refractivity contribution < 1.29 is 23.9 Å². The number of hydrogen-bond acceptors (Lipinski definition) is 6. The Kier molecular flexibility index (Phi) is 5.09. The lowest BCUT2D eigenvalue weighted by Gasteiger charge is -2.31. The molecule has 8 nitrogen and oxygen atoms in total. The minimum absolute atomic E-state index is 0.132. The molecule has 8 heteroatoms. The number of aromatic nitrogens is 1. The standard InChI is InChI=1S/C27H29N3O5/c1-34-25(33)29-13-7-19(8-14-29)18-2-4-20(5-3-18)26(9-10-26)24(32)30-15-11-27(17-30)22-6-12-28-16-21(22)23(31)35-27/h2-6,12,16,19H,7-11,13-15,17H2,1H3. The number of likely N-dealkylation sites (tertiary alicyclic amines) is 2. The predicted molar refractivity (Wildman–Crippen MR) is 126 cm³/mol. The molecule has 1 spiro atoms. The van der Waals surface area contributed by atoms with Crippen LogP contribution in [-0.2, 0) is 25.3 Å². The zero-order valence-corrected chi connectivity index (χ0v) is 19.9. The van der Waals surface area contributed by atoms with Gasteiger partial charge >= 0.3 is 12.1 Å². The first kappa shape index (κ1) is 22.1. The fourth-order valence-electron chi connectivity index (χ4n) is 6.15. The van der Waals surface area contributed by atoms with E-state index in [2.05, 4.69) is 29.2 Å². The Morgan fingerprint density at radius 3 is 2.46 bits per heavy atom. The molecule has 2 aromatic rings. The van der Waals surface area contributed by atoms with Gasteiger partial charge in [0.25, 0.3) is 0 Å². The maximum absolute atomic E-state index is 13.7. The number of pyridine rings is 1. The molecule has 0 N–H and O–H groups in total. The normalized spacial score (nSPS) is 24.9. The van der Waals surface area contributed by atoms with Gasteiger partial charge in [-0.2, -0.15) is 0 Å². The van der Waals surface area contributed by atoms with Crippen LogP contribution >= 0.6 is 0 Å². The fourth-order valence-corrected chi connectivity index (χ4v) is 6.15. The summed E-state index contributed by atoms with van der Waals surface area (Å²) in [5.74, 6) is 0.185. The monoisotopic (exact) mass is 475 g/mol. The van der Waals surface area contributed by atoms with Gasteiger partial charge in [0.15, 0.2) is 5.60 Å². The molecule has 182 valence electrons. The Balaban J connectivity index is 1.15. The summed E-state index contributed by atoms with van der Waals surface area (Å²) in [6.45, 7) is 2.36. The van der Waals surface area contributed by atoms with E-state index in [1.165, 1.54) is 12.7 Å². The summed E-state index contributed by atoms with van der Waals surface area (Å²) < 4.78 is 10.6. The predicted octanol–water partition coefficient (Wildman–Crippen LogP) is 3.36. The third-order valence-electron chi connectivity index (χ3n) is 8.36. The number of benzene rings is 1. The van der Waals surface area contributed by atoms with E-state index in [1.54, 1.807) is 17.3 Å². The van der Waals surface area contributed by atoms with Gasteiger partial charge in [0.05, 0.1) is 24.6 Å². The molecule has 1 aromatic carbocycles. The molecule has 2 saturated heterocycles. The van der Waals surface area contributed by atoms with Crippen LogP contribution in [0.4, 0.5) is 4.79 Å². The van der Waals surface area contributed by atoms with E-state index in [1.807, 2.05) is 11.0 Å². The topological polar surface area (TPSA) is 89.0 Å². The smallest absolute Gasteiger partial charge is 0.409 e. The van der Waals surface area contributed by atoms with E-state index in [0.717, 1.165) is 36.8 Å². The second-order valence-corrected chi connectivity index (χ2v) is 10.2. The van der Waals surface area contributed by atoms with Crippen LogP contribution in [0.3, 0.4) is 0 Å². The van der Waals surface area contributed by atoms with Gasteiger partial charge in [-0.05, 0) is 48.8 Å². The quantitative estimate of drug-likeness (QED) is 0.633. The maximum atomic E-state index is 13.7. The lowest BCUT2D eigenvalue weighted by Crippen LogP contribution is -2.40. The SMILES string of the molecule is COC(=O)N1CCC(c2ccc(C3(C(=O)N4CCC5(C4)OC(=O)c4cnccc45)CC3)cc2)CC1. The molecule has 1 atom stereocenters. The Morgan fingerprint density at radius 1 is 1.03 bits per heavy atom. The van der Waals surface area contributed by atoms with Gasteiger partial charge < -0.3 is 19.3 Å². The number of piperidine rings is 1. The summed E-state index contributed by atoms with van der Waals surface area (Å²) >= 11 is 0. The first-order chi connectivity index (χ1) is 17.0. The third-order valence-corrected chi connectivity index (χ3v) is 8.36. The zero-order valence-electron chi connectivity index (χ0n) is 19.9. The molecule has 3 fully saturated rings. The molecule has 0 bridgehead atoms. The van der Waals surface area contributed by atoms with Crippen LogP contribution in [0.15, 0.2) is 42.7 Å². The Labute approximate surface area is 204 Å². The highest BCUT2D eigenvalue weighted by atomic mass is 16.6. The van der Waals surface area contributed by atoms with E-state index >= 15 is 0 Å². The molecule has 35 heavy (non-hydrogen) atoms. The first-order valence-electron chi connectivity index (χ1n) is 12.4. The maximum Gasteiger partial charge on any atom is 0.409 e. The number of esters is 1. The minimum Gasteiger partial charge on any atom is -0.453 e. The summed E-state index contributed by atoms with van der Waals surface area (Å²) in [5, 5.41) is 0. The number of methoxy groups -OCH3 is 1. The van der Waals surface area contributed by atoms with Crippen molar-refractivity contribution in [3.05, 3.63) is 65.0 Å². The van der Waals surface area contributed by atoms with Crippen LogP contribution in [0, 0.1) is 0 Å². The van der Waals surface area contributed by atoms with E-state index in [-0.39, 0.29) is 18.0 Å². The molecule has 1 unspecified atom stereocenters. The number of fused-ring (bicyclic) bond motifs is 2. The molecule has 1 saturated carbocycles. The Bertz CT molecular complexity index is 1180. The molecule has 1 aromatic heterocycles. The Morgan fingerprint density at radius 2 is 1.77 bits per heavy atom. The van der Waals surface area contributed by atoms with Crippen molar-refractivity contribution in [2.45, 2.75) is 49.0 Å². The van der Waals surface area contributed by atoms with Gasteiger partial charge in [-0.25, -0.2) is 9.59 Å². The van der Waals surface area contributed by atoms with Gasteiger partial charge in [0.2, 0.25) is 5.91 Å². The van der Waals surface area contributed by atoms with Crippen molar-refractivity contribution >= 4 is 18.0 Å². The molecule has 0 radical (unpaired) electrons. The number of rotatable bonds is 3. The average molecular weight is 476 g/mol. The van der Waals surface area contributed by atoms with Crippen LogP contribution in [0.5, 0.6) is 0 Å². The second kappa shape index (κ2) is 8.07. The number of hydrogen-bond donors (Lipinski definition) is 0. The lowest BCUT2D eigenvalue weighted by atomic mass is 9.86. The number of ether oxygens (including phenoxy) is 2. The summed E-state index contributed by atoms with van der Waals surface area (Å²) in [4.78, 5) is 45.5. The highest BCUT2D eigenvalue weighted by Crippen LogP contribution is 2.52. The van der Waals surface area contributed by atoms with Crippen molar-refractivity contribution in [2.75, 3.05) is 33.3 Å². The van der Waals surface area contributed by atoms with Crippen molar-refractivity contribution in [3.63, 3.8) is 0 Å². The lowest BCUT2D eigenvalue weighted by molar-refractivity contribution is -0.134. The Hall–Kier alpha value is -3.42.